The van der Waals surface area contributed by atoms with Gasteiger partial charge in [-0.1, -0.05) is 43.4 Å². The molecule has 4 rings (SSSR count). The Labute approximate surface area is 206 Å². The van der Waals surface area contributed by atoms with Crippen LogP contribution in [0, 0.1) is 24.7 Å². The van der Waals surface area contributed by atoms with E-state index in [1.165, 1.54) is 0 Å². The smallest absolute Gasteiger partial charge is 0.347 e. The molecule has 35 heavy (non-hydrogen) atoms. The molecule has 0 spiro atoms. The third-order valence-electron chi connectivity index (χ3n) is 7.43. The zero-order chi connectivity index (χ0) is 25.1. The normalized spacial score (nSPS) is 33.2. The number of carbonyl (C=O) groups excluding carboxylic acids is 2. The topological polar surface area (TPSA) is 102 Å². The molecule has 1 fully saturated rings. The minimum Gasteiger partial charge on any atom is -0.479 e. The van der Waals surface area contributed by atoms with Crippen molar-refractivity contribution in [1.29, 1.82) is 0 Å². The van der Waals surface area contributed by atoms with Gasteiger partial charge in [-0.15, -0.1) is 0 Å². The maximum absolute atomic E-state index is 13.0. The Bertz CT molecular complexity index is 983. The lowest BCUT2D eigenvalue weighted by Gasteiger charge is -2.43. The fourth-order valence-electron chi connectivity index (χ4n) is 5.58. The molecule has 3 aliphatic rings. The largest absolute Gasteiger partial charge is 0.479 e. The molecule has 7 heteroatoms. The molecule has 1 saturated heterocycles. The van der Waals surface area contributed by atoms with Gasteiger partial charge in [0.2, 0.25) is 0 Å². The van der Waals surface area contributed by atoms with E-state index in [1.807, 2.05) is 43.3 Å². The van der Waals surface area contributed by atoms with Gasteiger partial charge in [0, 0.05) is 18.8 Å². The number of hydrogen-bond donors (Lipinski definition) is 2. The third-order valence-corrected chi connectivity index (χ3v) is 7.43. The molecule has 0 saturated carbocycles. The molecule has 8 atom stereocenters. The Balaban J connectivity index is 1.46. The molecule has 1 heterocycles. The minimum absolute atomic E-state index is 0.0489. The van der Waals surface area contributed by atoms with Gasteiger partial charge in [0.05, 0.1) is 18.6 Å². The quantitative estimate of drug-likeness (QED) is 0.570. The van der Waals surface area contributed by atoms with E-state index < -0.39 is 30.4 Å². The van der Waals surface area contributed by atoms with Crippen molar-refractivity contribution >= 4 is 11.9 Å². The van der Waals surface area contributed by atoms with E-state index >= 15 is 0 Å². The number of para-hydroxylation sites is 1. The van der Waals surface area contributed by atoms with Crippen molar-refractivity contribution in [1.82, 2.24) is 0 Å². The van der Waals surface area contributed by atoms with Crippen LogP contribution in [0.25, 0.3) is 0 Å². The predicted molar refractivity (Wildman–Crippen MR) is 129 cm³/mol. The highest BCUT2D eigenvalue weighted by Gasteiger charge is 2.43. The Kier molecular flexibility index (Phi) is 7.97. The van der Waals surface area contributed by atoms with Crippen LogP contribution in [0.15, 0.2) is 48.1 Å². The van der Waals surface area contributed by atoms with Crippen LogP contribution in [0.3, 0.4) is 0 Å². The lowest BCUT2D eigenvalue weighted by molar-refractivity contribution is -0.164. The van der Waals surface area contributed by atoms with Gasteiger partial charge in [-0.05, 0) is 55.7 Å². The van der Waals surface area contributed by atoms with Gasteiger partial charge in [-0.25, -0.2) is 4.79 Å². The zero-order valence-electron chi connectivity index (χ0n) is 20.6. The predicted octanol–water partition coefficient (Wildman–Crippen LogP) is 3.65. The highest BCUT2D eigenvalue weighted by Crippen LogP contribution is 2.44. The van der Waals surface area contributed by atoms with E-state index in [2.05, 4.69) is 13.0 Å². The highest BCUT2D eigenvalue weighted by atomic mass is 16.6. The highest BCUT2D eigenvalue weighted by molar-refractivity contribution is 5.75. The van der Waals surface area contributed by atoms with Crippen molar-refractivity contribution in [3.63, 3.8) is 0 Å². The van der Waals surface area contributed by atoms with E-state index in [4.69, 9.17) is 14.2 Å². The summed E-state index contributed by atoms with van der Waals surface area (Å²) < 4.78 is 17.3. The fourth-order valence-corrected chi connectivity index (χ4v) is 5.58. The summed E-state index contributed by atoms with van der Waals surface area (Å²) in [5, 5.41) is 20.4. The Hall–Kier alpha value is -2.64. The average Bonchev–Trinajstić information content (AvgIpc) is 2.79. The number of ether oxygens (including phenoxy) is 3. The molecular formula is C28H36O7. The van der Waals surface area contributed by atoms with Crippen LogP contribution in [0.4, 0.5) is 0 Å². The Morgan fingerprint density at radius 1 is 1.20 bits per heavy atom. The van der Waals surface area contributed by atoms with Gasteiger partial charge >= 0.3 is 11.9 Å². The lowest BCUT2D eigenvalue weighted by Crippen LogP contribution is -2.44. The minimum atomic E-state index is -0.791. The lowest BCUT2D eigenvalue weighted by atomic mass is 9.66. The molecule has 2 N–H and O–H groups in total. The van der Waals surface area contributed by atoms with Gasteiger partial charge in [-0.3, -0.25) is 4.79 Å². The van der Waals surface area contributed by atoms with Crippen LogP contribution in [0.1, 0.15) is 51.5 Å². The summed E-state index contributed by atoms with van der Waals surface area (Å²) in [6.45, 7) is 5.73. The molecule has 0 amide bonds. The fraction of sp³-hybridized carbons (Fsp3) is 0.571. The SMILES string of the molecule is Cc1ccccc1OC(C)C(=O)O[C@H]1C[C@H](O)C=C2C=C[C@H](C)[C@H](CC[C@@H]3C[C@@H](O)CC(=O)O3)[C@H]21. The molecule has 2 aliphatic carbocycles. The number of aliphatic hydroxyl groups excluding tert-OH is 2. The molecule has 1 aromatic carbocycles. The average molecular weight is 485 g/mol. The van der Waals surface area contributed by atoms with Crippen molar-refractivity contribution in [2.45, 2.75) is 83.4 Å². The van der Waals surface area contributed by atoms with Gasteiger partial charge in [0.15, 0.2) is 6.10 Å². The Morgan fingerprint density at radius 2 is 1.97 bits per heavy atom. The summed E-state index contributed by atoms with van der Waals surface area (Å²) in [6, 6.07) is 7.51. The molecule has 0 bridgehead atoms. The second-order valence-corrected chi connectivity index (χ2v) is 10.2. The van der Waals surface area contributed by atoms with Gasteiger partial charge < -0.3 is 24.4 Å². The second kappa shape index (κ2) is 11.0. The maximum Gasteiger partial charge on any atom is 0.347 e. The number of carbonyl (C=O) groups is 2. The molecule has 190 valence electrons. The van der Waals surface area contributed by atoms with Crippen LogP contribution in [0.2, 0.25) is 0 Å². The number of esters is 2. The molecule has 7 nitrogen and oxygen atoms in total. The van der Waals surface area contributed by atoms with Gasteiger partial charge in [-0.2, -0.15) is 0 Å². The van der Waals surface area contributed by atoms with Crippen LogP contribution >= 0.6 is 0 Å². The first-order valence-electron chi connectivity index (χ1n) is 12.6. The molecule has 0 radical (unpaired) electrons. The summed E-state index contributed by atoms with van der Waals surface area (Å²) >= 11 is 0. The maximum atomic E-state index is 13.0. The summed E-state index contributed by atoms with van der Waals surface area (Å²) in [6.07, 6.45) is 5.24. The van der Waals surface area contributed by atoms with Crippen molar-refractivity contribution in [3.05, 3.63) is 53.6 Å². The third kappa shape index (κ3) is 6.14. The summed E-state index contributed by atoms with van der Waals surface area (Å²) in [5.74, 6) is 0.105. The number of rotatable bonds is 7. The number of aryl methyl sites for hydroxylation is 1. The van der Waals surface area contributed by atoms with Crippen LogP contribution in [0.5, 0.6) is 5.75 Å². The van der Waals surface area contributed by atoms with E-state index in [-0.39, 0.29) is 36.2 Å². The monoisotopic (exact) mass is 484 g/mol. The first-order valence-corrected chi connectivity index (χ1v) is 12.6. The van der Waals surface area contributed by atoms with Crippen molar-refractivity contribution in [2.75, 3.05) is 0 Å². The standard InChI is InChI=1S/C28H36O7/c1-16-8-9-19-12-20(29)14-25(35-28(32)18(3)33-24-7-5-4-6-17(24)2)27(19)23(16)11-10-22-13-21(30)15-26(31)34-22/h4-9,12,16,18,20-23,25,27,29-30H,10-11,13-15H2,1-3H3/t16-,18?,20+,21+,22+,23-,25-,27-/m0/s1. The first kappa shape index (κ1) is 25.5. The van der Waals surface area contributed by atoms with E-state index in [9.17, 15) is 19.8 Å². The van der Waals surface area contributed by atoms with Crippen LogP contribution in [-0.4, -0.2) is 52.7 Å². The summed E-state index contributed by atoms with van der Waals surface area (Å²) in [7, 11) is 0. The number of benzene rings is 1. The molecule has 1 aliphatic heterocycles. The van der Waals surface area contributed by atoms with E-state index in [1.54, 1.807) is 6.92 Å². The molecule has 1 unspecified atom stereocenters. The summed E-state index contributed by atoms with van der Waals surface area (Å²) in [4.78, 5) is 24.8. The van der Waals surface area contributed by atoms with Crippen LogP contribution in [-0.2, 0) is 19.1 Å². The number of fused-ring (bicyclic) bond motifs is 1. The van der Waals surface area contributed by atoms with E-state index in [0.29, 0.717) is 25.0 Å². The van der Waals surface area contributed by atoms with Crippen molar-refractivity contribution in [2.24, 2.45) is 17.8 Å². The number of hydrogen-bond acceptors (Lipinski definition) is 7. The van der Waals surface area contributed by atoms with Crippen LogP contribution < -0.4 is 4.74 Å². The number of aliphatic hydroxyl groups is 2. The van der Waals surface area contributed by atoms with Crippen molar-refractivity contribution in [3.8, 4) is 5.75 Å². The molecular weight excluding hydrogens is 448 g/mol. The van der Waals surface area contributed by atoms with Gasteiger partial charge in [0.25, 0.3) is 0 Å². The zero-order valence-corrected chi connectivity index (χ0v) is 20.6. The molecule has 1 aromatic rings. The van der Waals surface area contributed by atoms with E-state index in [0.717, 1.165) is 17.6 Å². The second-order valence-electron chi connectivity index (χ2n) is 10.2. The van der Waals surface area contributed by atoms with Gasteiger partial charge in [0.1, 0.15) is 18.0 Å². The Morgan fingerprint density at radius 3 is 2.71 bits per heavy atom. The first-order chi connectivity index (χ1) is 16.7. The van der Waals surface area contributed by atoms with Crippen molar-refractivity contribution < 1.29 is 34.0 Å². The number of allylic oxidation sites excluding steroid dienone is 2. The number of cyclic esters (lactones) is 1. The molecule has 0 aromatic heterocycles. The summed E-state index contributed by atoms with van der Waals surface area (Å²) in [5.41, 5.74) is 1.91.